The van der Waals surface area contributed by atoms with Crippen LogP contribution in [0.1, 0.15) is 67.2 Å². The molecular formula is C33H35FN2O3. The summed E-state index contributed by atoms with van der Waals surface area (Å²) in [6.07, 6.45) is 8.50. The number of nitrogens with zero attached hydrogens (tertiary/aromatic N) is 2. The van der Waals surface area contributed by atoms with Crippen LogP contribution in [0.3, 0.4) is 0 Å². The summed E-state index contributed by atoms with van der Waals surface area (Å²) >= 11 is 0. The van der Waals surface area contributed by atoms with Crippen LogP contribution in [0.25, 0.3) is 0 Å². The molecule has 0 unspecified atom stereocenters. The van der Waals surface area contributed by atoms with Gasteiger partial charge in [0, 0.05) is 16.7 Å². The second-order valence-electron chi connectivity index (χ2n) is 11.4. The Morgan fingerprint density at radius 1 is 1.03 bits per heavy atom. The molecule has 0 spiro atoms. The SMILES string of the molecule is COc1ccc(/C=N\N=C2\CC[C@H]3[C@H]4CCc5cc(O)ccc5[C@@H]4CC[C@]23C)cc1COc1ccc(F)cc1. The zero-order valence-electron chi connectivity index (χ0n) is 22.6. The van der Waals surface area contributed by atoms with Crippen LogP contribution in [0.4, 0.5) is 4.39 Å². The highest BCUT2D eigenvalue weighted by atomic mass is 19.1. The summed E-state index contributed by atoms with van der Waals surface area (Å²) in [7, 11) is 1.64. The lowest BCUT2D eigenvalue weighted by molar-refractivity contribution is 0.0955. The fourth-order valence-corrected chi connectivity index (χ4v) is 7.37. The van der Waals surface area contributed by atoms with Crippen LogP contribution < -0.4 is 9.47 Å². The minimum absolute atomic E-state index is 0.0982. The van der Waals surface area contributed by atoms with Gasteiger partial charge in [0.25, 0.3) is 0 Å². The molecule has 0 radical (unpaired) electrons. The van der Waals surface area contributed by atoms with Crippen molar-refractivity contribution in [3.63, 3.8) is 0 Å². The third kappa shape index (κ3) is 4.93. The monoisotopic (exact) mass is 526 g/mol. The number of fused-ring (bicyclic) bond motifs is 5. The first-order chi connectivity index (χ1) is 18.9. The predicted molar refractivity (Wildman–Crippen MR) is 151 cm³/mol. The van der Waals surface area contributed by atoms with Crippen LogP contribution in [-0.4, -0.2) is 24.1 Å². The van der Waals surface area contributed by atoms with Crippen molar-refractivity contribution < 1.29 is 19.0 Å². The first kappa shape index (κ1) is 25.6. The minimum Gasteiger partial charge on any atom is -0.508 e. The van der Waals surface area contributed by atoms with E-state index in [0.29, 0.717) is 35.9 Å². The lowest BCUT2D eigenvalue weighted by Crippen LogP contribution is -2.42. The molecule has 0 bridgehead atoms. The van der Waals surface area contributed by atoms with Crippen LogP contribution in [0, 0.1) is 23.1 Å². The van der Waals surface area contributed by atoms with Crippen molar-refractivity contribution >= 4 is 11.9 Å². The molecule has 6 heteroatoms. The third-order valence-corrected chi connectivity index (χ3v) is 9.35. The molecule has 0 aromatic heterocycles. The number of phenolic OH excluding ortho intramolecular Hbond substituents is 1. The van der Waals surface area contributed by atoms with E-state index in [4.69, 9.17) is 14.6 Å². The molecular weight excluding hydrogens is 491 g/mol. The van der Waals surface area contributed by atoms with Crippen molar-refractivity contribution in [1.82, 2.24) is 0 Å². The zero-order valence-corrected chi connectivity index (χ0v) is 22.6. The van der Waals surface area contributed by atoms with E-state index >= 15 is 0 Å². The molecule has 3 aliphatic rings. The molecule has 0 heterocycles. The third-order valence-electron chi connectivity index (χ3n) is 9.35. The number of phenols is 1. The van der Waals surface area contributed by atoms with Crippen LogP contribution in [0.15, 0.2) is 70.9 Å². The van der Waals surface area contributed by atoms with Gasteiger partial charge in [0.15, 0.2) is 0 Å². The highest BCUT2D eigenvalue weighted by Gasteiger charge is 2.53. The number of hydrogen-bond donors (Lipinski definition) is 1. The van der Waals surface area contributed by atoms with Gasteiger partial charge in [-0.3, -0.25) is 0 Å². The molecule has 3 aliphatic carbocycles. The van der Waals surface area contributed by atoms with E-state index in [1.807, 2.05) is 30.3 Å². The Morgan fingerprint density at radius 2 is 1.87 bits per heavy atom. The first-order valence-corrected chi connectivity index (χ1v) is 13.9. The maximum absolute atomic E-state index is 13.2. The predicted octanol–water partition coefficient (Wildman–Crippen LogP) is 7.45. The van der Waals surface area contributed by atoms with Gasteiger partial charge in [0.1, 0.15) is 29.7 Å². The Bertz CT molecular complexity index is 1420. The Morgan fingerprint density at radius 3 is 2.69 bits per heavy atom. The number of hydrogen-bond acceptors (Lipinski definition) is 5. The van der Waals surface area contributed by atoms with Crippen molar-refractivity contribution in [2.75, 3.05) is 7.11 Å². The molecule has 4 atom stereocenters. The molecule has 1 N–H and O–H groups in total. The summed E-state index contributed by atoms with van der Waals surface area (Å²) in [6.45, 7) is 2.70. The highest BCUT2D eigenvalue weighted by Crippen LogP contribution is 2.60. The molecule has 5 nitrogen and oxygen atoms in total. The largest absolute Gasteiger partial charge is 0.508 e. The van der Waals surface area contributed by atoms with Crippen molar-refractivity contribution in [1.29, 1.82) is 0 Å². The average Bonchev–Trinajstić information content (AvgIpc) is 3.28. The maximum atomic E-state index is 13.2. The molecule has 3 aromatic rings. The van der Waals surface area contributed by atoms with E-state index in [0.717, 1.165) is 42.6 Å². The Hall–Kier alpha value is -3.67. The number of rotatable bonds is 6. The van der Waals surface area contributed by atoms with Gasteiger partial charge in [-0.25, -0.2) is 4.39 Å². The van der Waals surface area contributed by atoms with Gasteiger partial charge < -0.3 is 14.6 Å². The normalized spacial score (nSPS) is 26.7. The zero-order chi connectivity index (χ0) is 27.0. The average molecular weight is 527 g/mol. The van der Waals surface area contributed by atoms with Crippen LogP contribution in [0.2, 0.25) is 0 Å². The smallest absolute Gasteiger partial charge is 0.125 e. The second-order valence-corrected chi connectivity index (χ2v) is 11.4. The van der Waals surface area contributed by atoms with Crippen molar-refractivity contribution in [2.45, 2.75) is 58.0 Å². The molecule has 39 heavy (non-hydrogen) atoms. The second kappa shape index (κ2) is 10.5. The lowest BCUT2D eigenvalue weighted by atomic mass is 9.55. The molecule has 202 valence electrons. The quantitative estimate of drug-likeness (QED) is 0.268. The summed E-state index contributed by atoms with van der Waals surface area (Å²) < 4.78 is 24.6. The van der Waals surface area contributed by atoms with Crippen molar-refractivity contribution in [2.24, 2.45) is 27.5 Å². The minimum atomic E-state index is -0.291. The molecule has 2 saturated carbocycles. The van der Waals surface area contributed by atoms with E-state index < -0.39 is 0 Å². The Kier molecular flexibility index (Phi) is 6.88. The Labute approximate surface area is 229 Å². The maximum Gasteiger partial charge on any atom is 0.125 e. The van der Waals surface area contributed by atoms with Gasteiger partial charge in [-0.2, -0.15) is 10.2 Å². The first-order valence-electron chi connectivity index (χ1n) is 13.9. The van der Waals surface area contributed by atoms with Crippen LogP contribution in [0.5, 0.6) is 17.2 Å². The van der Waals surface area contributed by atoms with Gasteiger partial charge in [-0.15, -0.1) is 0 Å². The topological polar surface area (TPSA) is 63.4 Å². The summed E-state index contributed by atoms with van der Waals surface area (Å²) in [5, 5.41) is 19.3. The van der Waals surface area contributed by atoms with Crippen molar-refractivity contribution in [3.8, 4) is 17.2 Å². The summed E-state index contributed by atoms with van der Waals surface area (Å²) in [4.78, 5) is 0. The summed E-state index contributed by atoms with van der Waals surface area (Å²) in [6, 6.07) is 17.8. The number of halogens is 1. The van der Waals surface area contributed by atoms with Gasteiger partial charge in [-0.05, 0) is 128 Å². The molecule has 3 aromatic carbocycles. The van der Waals surface area contributed by atoms with Gasteiger partial charge in [0.2, 0.25) is 0 Å². The molecule has 0 amide bonds. The fraction of sp³-hybridized carbons (Fsp3) is 0.394. The lowest BCUT2D eigenvalue weighted by Gasteiger charge is -2.49. The summed E-state index contributed by atoms with van der Waals surface area (Å²) in [5.41, 5.74) is 5.92. The molecule has 6 rings (SSSR count). The molecule has 2 fully saturated rings. The van der Waals surface area contributed by atoms with Gasteiger partial charge >= 0.3 is 0 Å². The number of ether oxygens (including phenoxy) is 2. The van der Waals surface area contributed by atoms with E-state index in [2.05, 4.69) is 18.1 Å². The molecule has 0 saturated heterocycles. The standard InChI is InChI=1S/C33H35FN2O3/c1-33-16-15-28-27-11-7-25(37)18-22(27)4-10-29(28)30(33)12-14-32(33)36-35-19-21-3-13-31(38-2)23(17-21)20-39-26-8-5-24(34)6-9-26/h3,5-9,11,13,17-19,28-30,37H,4,10,12,14-16,20H2,1-2H3/b35-19-,36-32-/t28-,29-,30-,33-/m0/s1. The fourth-order valence-electron chi connectivity index (χ4n) is 7.37. The summed E-state index contributed by atoms with van der Waals surface area (Å²) in [5.74, 6) is 3.30. The van der Waals surface area contributed by atoms with E-state index in [-0.39, 0.29) is 11.2 Å². The van der Waals surface area contributed by atoms with Crippen molar-refractivity contribution in [3.05, 3.63) is 88.7 Å². The van der Waals surface area contributed by atoms with E-state index in [1.54, 1.807) is 25.5 Å². The van der Waals surface area contributed by atoms with Gasteiger partial charge in [-0.1, -0.05) is 13.0 Å². The van der Waals surface area contributed by atoms with Gasteiger partial charge in [0.05, 0.1) is 13.3 Å². The van der Waals surface area contributed by atoms with Crippen LogP contribution >= 0.6 is 0 Å². The number of benzene rings is 3. The highest BCUT2D eigenvalue weighted by molar-refractivity contribution is 5.93. The Balaban J connectivity index is 1.16. The van der Waals surface area contributed by atoms with E-state index in [9.17, 15) is 9.50 Å². The number of aryl methyl sites for hydroxylation is 1. The molecule has 0 aliphatic heterocycles. The number of methoxy groups -OCH3 is 1. The van der Waals surface area contributed by atoms with E-state index in [1.165, 1.54) is 41.8 Å². The van der Waals surface area contributed by atoms with Crippen LogP contribution in [-0.2, 0) is 13.0 Å². The number of aromatic hydroxyl groups is 1.